The second-order valence-corrected chi connectivity index (χ2v) is 3.95. The zero-order valence-electron chi connectivity index (χ0n) is 11.0. The van der Waals surface area contributed by atoms with E-state index in [9.17, 15) is 14.4 Å². The fraction of sp³-hybridized carbons (Fsp3) is 0.462. The molecule has 104 valence electrons. The molecular formula is C13H17NO5. The van der Waals surface area contributed by atoms with E-state index >= 15 is 0 Å². The van der Waals surface area contributed by atoms with E-state index in [0.29, 0.717) is 6.42 Å². The lowest BCUT2D eigenvalue weighted by Gasteiger charge is -2.08. The normalized spacial score (nSPS) is 10.0. The quantitative estimate of drug-likeness (QED) is 0.782. The minimum absolute atomic E-state index is 0.0575. The van der Waals surface area contributed by atoms with Crippen molar-refractivity contribution in [1.82, 2.24) is 4.98 Å². The van der Waals surface area contributed by atoms with Gasteiger partial charge in [-0.2, -0.15) is 0 Å². The van der Waals surface area contributed by atoms with Crippen LogP contribution in [0.2, 0.25) is 0 Å². The number of pyridine rings is 1. The van der Waals surface area contributed by atoms with Gasteiger partial charge in [0, 0.05) is 19.0 Å². The number of carbonyl (C=O) groups excluding carboxylic acids is 2. The topological polar surface area (TPSA) is 85.5 Å². The Bertz CT molecular complexity index is 506. The Balaban J connectivity index is 2.86. The highest BCUT2D eigenvalue weighted by molar-refractivity contribution is 5.73. The third-order valence-corrected chi connectivity index (χ3v) is 2.51. The molecule has 1 rings (SSSR count). The van der Waals surface area contributed by atoms with E-state index in [1.807, 2.05) is 6.92 Å². The van der Waals surface area contributed by atoms with Gasteiger partial charge in [-0.3, -0.25) is 14.4 Å². The number of H-pyrrole nitrogens is 1. The fourth-order valence-electron chi connectivity index (χ4n) is 1.53. The largest absolute Gasteiger partial charge is 0.469 e. The molecule has 0 spiro atoms. The minimum atomic E-state index is -0.422. The summed E-state index contributed by atoms with van der Waals surface area (Å²) in [5, 5.41) is 0. The third-order valence-electron chi connectivity index (χ3n) is 2.51. The SMILES string of the molecule is CCCC(=O)Oc1cc[nH]c(=O)c1CCC(=O)OC. The number of rotatable bonds is 6. The maximum Gasteiger partial charge on any atom is 0.311 e. The van der Waals surface area contributed by atoms with Crippen LogP contribution < -0.4 is 10.3 Å². The van der Waals surface area contributed by atoms with Crippen molar-refractivity contribution in [3.05, 3.63) is 28.2 Å². The average Bonchev–Trinajstić information content (AvgIpc) is 2.38. The third kappa shape index (κ3) is 4.57. The zero-order chi connectivity index (χ0) is 14.3. The standard InChI is InChI=1S/C13H17NO5/c1-3-4-12(16)19-10-7-8-14-13(17)9(10)5-6-11(15)18-2/h7-8H,3-6H2,1-2H3,(H,14,17). The van der Waals surface area contributed by atoms with E-state index < -0.39 is 11.9 Å². The van der Waals surface area contributed by atoms with Crippen LogP contribution in [0, 0.1) is 0 Å². The Morgan fingerprint density at radius 1 is 1.26 bits per heavy atom. The van der Waals surface area contributed by atoms with Gasteiger partial charge >= 0.3 is 11.9 Å². The zero-order valence-corrected chi connectivity index (χ0v) is 11.0. The molecule has 0 amide bonds. The minimum Gasteiger partial charge on any atom is -0.469 e. The highest BCUT2D eigenvalue weighted by Gasteiger charge is 2.13. The molecule has 0 saturated carbocycles. The second-order valence-electron chi connectivity index (χ2n) is 3.95. The fourth-order valence-corrected chi connectivity index (χ4v) is 1.53. The summed E-state index contributed by atoms with van der Waals surface area (Å²) in [6.07, 6.45) is 2.57. The van der Waals surface area contributed by atoms with Crippen molar-refractivity contribution in [1.29, 1.82) is 0 Å². The number of ether oxygens (including phenoxy) is 2. The van der Waals surface area contributed by atoms with Crippen molar-refractivity contribution in [2.24, 2.45) is 0 Å². The number of esters is 2. The molecule has 0 unspecified atom stereocenters. The Morgan fingerprint density at radius 2 is 2.00 bits per heavy atom. The predicted octanol–water partition coefficient (Wildman–Crippen LogP) is 1.19. The van der Waals surface area contributed by atoms with Gasteiger partial charge in [-0.1, -0.05) is 6.92 Å². The Kier molecular flexibility index (Phi) is 5.78. The van der Waals surface area contributed by atoms with Gasteiger partial charge in [-0.05, 0) is 18.9 Å². The van der Waals surface area contributed by atoms with Crippen LogP contribution >= 0.6 is 0 Å². The van der Waals surface area contributed by atoms with E-state index in [2.05, 4.69) is 9.72 Å². The van der Waals surface area contributed by atoms with Crippen LogP contribution in [0.4, 0.5) is 0 Å². The van der Waals surface area contributed by atoms with Gasteiger partial charge in [-0.25, -0.2) is 0 Å². The van der Waals surface area contributed by atoms with E-state index in [-0.39, 0.29) is 36.1 Å². The smallest absolute Gasteiger partial charge is 0.311 e. The van der Waals surface area contributed by atoms with Gasteiger partial charge < -0.3 is 14.5 Å². The first-order valence-corrected chi connectivity index (χ1v) is 6.06. The highest BCUT2D eigenvalue weighted by Crippen LogP contribution is 2.16. The molecule has 6 heteroatoms. The summed E-state index contributed by atoms with van der Waals surface area (Å²) < 4.78 is 9.63. The van der Waals surface area contributed by atoms with Gasteiger partial charge in [0.15, 0.2) is 0 Å². The van der Waals surface area contributed by atoms with Crippen molar-refractivity contribution in [2.45, 2.75) is 32.6 Å². The van der Waals surface area contributed by atoms with Crippen LogP contribution in [0.15, 0.2) is 17.1 Å². The molecule has 19 heavy (non-hydrogen) atoms. The molecule has 1 heterocycles. The number of hydrogen-bond donors (Lipinski definition) is 1. The number of aromatic nitrogens is 1. The first-order valence-electron chi connectivity index (χ1n) is 6.06. The highest BCUT2D eigenvalue weighted by atomic mass is 16.5. The number of carbonyl (C=O) groups is 2. The molecule has 0 aliphatic carbocycles. The molecule has 1 N–H and O–H groups in total. The van der Waals surface area contributed by atoms with Crippen molar-refractivity contribution >= 4 is 11.9 Å². The summed E-state index contributed by atoms with van der Waals surface area (Å²) in [5.74, 6) is -0.618. The summed E-state index contributed by atoms with van der Waals surface area (Å²) in [4.78, 5) is 36.7. The monoisotopic (exact) mass is 267 g/mol. The van der Waals surface area contributed by atoms with Gasteiger partial charge in [-0.15, -0.1) is 0 Å². The molecule has 0 atom stereocenters. The van der Waals surface area contributed by atoms with Crippen LogP contribution in [-0.4, -0.2) is 24.0 Å². The number of nitrogens with one attached hydrogen (secondary N) is 1. The lowest BCUT2D eigenvalue weighted by Crippen LogP contribution is -2.18. The molecular weight excluding hydrogens is 250 g/mol. The summed E-state index contributed by atoms with van der Waals surface area (Å²) in [5.41, 5.74) is -0.0944. The van der Waals surface area contributed by atoms with Crippen LogP contribution in [-0.2, 0) is 20.7 Å². The first kappa shape index (κ1) is 14.9. The number of aromatic amines is 1. The van der Waals surface area contributed by atoms with Gasteiger partial charge in [0.1, 0.15) is 5.75 Å². The van der Waals surface area contributed by atoms with Crippen molar-refractivity contribution in [3.8, 4) is 5.75 Å². The molecule has 0 aliphatic heterocycles. The molecule has 6 nitrogen and oxygen atoms in total. The van der Waals surface area contributed by atoms with Crippen LogP contribution in [0.3, 0.4) is 0 Å². The maximum absolute atomic E-state index is 11.7. The first-order chi connectivity index (χ1) is 9.08. The summed E-state index contributed by atoms with van der Waals surface area (Å²) in [7, 11) is 1.28. The van der Waals surface area contributed by atoms with Crippen LogP contribution in [0.25, 0.3) is 0 Å². The lowest BCUT2D eigenvalue weighted by atomic mass is 10.1. The second kappa shape index (κ2) is 7.35. The van der Waals surface area contributed by atoms with Gasteiger partial charge in [0.05, 0.1) is 12.7 Å². The number of hydrogen-bond acceptors (Lipinski definition) is 5. The molecule has 0 aromatic carbocycles. The molecule has 1 aromatic rings. The molecule has 0 aliphatic rings. The van der Waals surface area contributed by atoms with Gasteiger partial charge in [0.2, 0.25) is 0 Å². The lowest BCUT2D eigenvalue weighted by molar-refractivity contribution is -0.140. The van der Waals surface area contributed by atoms with Crippen LogP contribution in [0.5, 0.6) is 5.75 Å². The summed E-state index contributed by atoms with van der Waals surface area (Å²) in [6.45, 7) is 1.86. The van der Waals surface area contributed by atoms with E-state index in [4.69, 9.17) is 4.74 Å². The molecule has 0 radical (unpaired) electrons. The summed E-state index contributed by atoms with van der Waals surface area (Å²) in [6, 6.07) is 1.50. The molecule has 0 saturated heterocycles. The van der Waals surface area contributed by atoms with Crippen molar-refractivity contribution in [2.75, 3.05) is 7.11 Å². The molecule has 0 fully saturated rings. The number of methoxy groups -OCH3 is 1. The Morgan fingerprint density at radius 3 is 2.63 bits per heavy atom. The Labute approximate surface area is 110 Å². The van der Waals surface area contributed by atoms with Crippen molar-refractivity contribution < 1.29 is 19.1 Å². The van der Waals surface area contributed by atoms with E-state index in [1.54, 1.807) is 0 Å². The predicted molar refractivity (Wildman–Crippen MR) is 67.9 cm³/mol. The maximum atomic E-state index is 11.7. The van der Waals surface area contributed by atoms with E-state index in [0.717, 1.165) is 0 Å². The van der Waals surface area contributed by atoms with E-state index in [1.165, 1.54) is 19.4 Å². The van der Waals surface area contributed by atoms with Crippen LogP contribution in [0.1, 0.15) is 31.7 Å². The molecule has 0 bridgehead atoms. The van der Waals surface area contributed by atoms with Crippen molar-refractivity contribution in [3.63, 3.8) is 0 Å². The Hall–Kier alpha value is -2.11. The van der Waals surface area contributed by atoms with Gasteiger partial charge in [0.25, 0.3) is 5.56 Å². The average molecular weight is 267 g/mol. The molecule has 1 aromatic heterocycles. The summed E-state index contributed by atoms with van der Waals surface area (Å²) >= 11 is 0.